The summed E-state index contributed by atoms with van der Waals surface area (Å²) in [5.41, 5.74) is -0.779. The Morgan fingerprint density at radius 2 is 2.00 bits per heavy atom. The Morgan fingerprint density at radius 3 is 2.55 bits per heavy atom. The molecule has 2 aliphatic rings. The van der Waals surface area contributed by atoms with E-state index in [4.69, 9.17) is 4.74 Å². The minimum atomic E-state index is -4.34. The van der Waals surface area contributed by atoms with Gasteiger partial charge in [-0.25, -0.2) is 4.98 Å². The van der Waals surface area contributed by atoms with E-state index in [9.17, 15) is 13.2 Å². The molecule has 0 bridgehead atoms. The summed E-state index contributed by atoms with van der Waals surface area (Å²) in [6.07, 6.45) is 0.230. The van der Waals surface area contributed by atoms with Crippen LogP contribution in [0.3, 0.4) is 0 Å². The lowest BCUT2D eigenvalue weighted by Gasteiger charge is -2.34. The molecule has 1 aromatic rings. The SMILES string of the molecule is FC(F)(F)c1csc(N2CCC(C3CCCO3)CC2)n1. The number of anilines is 1. The van der Waals surface area contributed by atoms with Crippen molar-refractivity contribution in [3.63, 3.8) is 0 Å². The summed E-state index contributed by atoms with van der Waals surface area (Å²) in [5.74, 6) is 0.552. The minimum Gasteiger partial charge on any atom is -0.378 e. The van der Waals surface area contributed by atoms with E-state index in [1.807, 2.05) is 4.90 Å². The van der Waals surface area contributed by atoms with Crippen molar-refractivity contribution in [1.29, 1.82) is 0 Å². The van der Waals surface area contributed by atoms with Crippen LogP contribution in [0.5, 0.6) is 0 Å². The molecule has 112 valence electrons. The summed E-state index contributed by atoms with van der Waals surface area (Å²) in [4.78, 5) is 5.68. The van der Waals surface area contributed by atoms with Gasteiger partial charge in [0, 0.05) is 25.1 Å². The van der Waals surface area contributed by atoms with Crippen LogP contribution in [0.4, 0.5) is 18.3 Å². The summed E-state index contributed by atoms with van der Waals surface area (Å²) in [6.45, 7) is 2.40. The van der Waals surface area contributed by atoms with Gasteiger partial charge in [-0.3, -0.25) is 0 Å². The third-order valence-corrected chi connectivity index (χ3v) is 4.98. The molecule has 2 aliphatic heterocycles. The Labute approximate surface area is 119 Å². The minimum absolute atomic E-state index is 0.360. The summed E-state index contributed by atoms with van der Waals surface area (Å²) < 4.78 is 43.3. The first-order chi connectivity index (χ1) is 9.54. The van der Waals surface area contributed by atoms with Crippen LogP contribution in [0.15, 0.2) is 5.38 Å². The third kappa shape index (κ3) is 2.93. The Bertz CT molecular complexity index is 449. The molecule has 2 fully saturated rings. The zero-order valence-corrected chi connectivity index (χ0v) is 11.8. The molecule has 3 heterocycles. The molecule has 1 unspecified atom stereocenters. The monoisotopic (exact) mass is 306 g/mol. The molecular weight excluding hydrogens is 289 g/mol. The number of thiazole rings is 1. The van der Waals surface area contributed by atoms with Gasteiger partial charge in [-0.2, -0.15) is 13.2 Å². The molecule has 0 amide bonds. The zero-order valence-electron chi connectivity index (χ0n) is 11.0. The van der Waals surface area contributed by atoms with Gasteiger partial charge in [-0.1, -0.05) is 0 Å². The smallest absolute Gasteiger partial charge is 0.378 e. The molecule has 0 aromatic carbocycles. The molecular formula is C13H17F3N2OS. The van der Waals surface area contributed by atoms with Crippen LogP contribution in [0.2, 0.25) is 0 Å². The molecule has 1 atom stereocenters. The number of piperidine rings is 1. The topological polar surface area (TPSA) is 25.4 Å². The van der Waals surface area contributed by atoms with Crippen molar-refractivity contribution in [3.8, 4) is 0 Å². The number of nitrogens with zero attached hydrogens (tertiary/aromatic N) is 2. The Balaban J connectivity index is 1.59. The van der Waals surface area contributed by atoms with Gasteiger partial charge in [0.25, 0.3) is 0 Å². The maximum absolute atomic E-state index is 12.5. The van der Waals surface area contributed by atoms with Gasteiger partial charge < -0.3 is 9.64 Å². The second kappa shape index (κ2) is 5.52. The maximum Gasteiger partial charge on any atom is 0.434 e. The van der Waals surface area contributed by atoms with Crippen molar-refractivity contribution in [2.24, 2.45) is 5.92 Å². The van der Waals surface area contributed by atoms with Crippen LogP contribution in [0.1, 0.15) is 31.4 Å². The number of halogens is 3. The van der Waals surface area contributed by atoms with E-state index in [1.165, 1.54) is 0 Å². The van der Waals surface area contributed by atoms with Gasteiger partial charge in [-0.15, -0.1) is 11.3 Å². The average Bonchev–Trinajstić information content (AvgIpc) is 3.10. The number of hydrogen-bond donors (Lipinski definition) is 0. The van der Waals surface area contributed by atoms with Crippen molar-refractivity contribution in [1.82, 2.24) is 4.98 Å². The van der Waals surface area contributed by atoms with Crippen LogP contribution in [-0.4, -0.2) is 30.8 Å². The second-order valence-corrected chi connectivity index (χ2v) is 6.23. The molecule has 20 heavy (non-hydrogen) atoms. The first kappa shape index (κ1) is 14.1. The summed E-state index contributed by atoms with van der Waals surface area (Å²) in [7, 11) is 0. The lowest BCUT2D eigenvalue weighted by Crippen LogP contribution is -2.37. The highest BCUT2D eigenvalue weighted by molar-refractivity contribution is 7.13. The largest absolute Gasteiger partial charge is 0.434 e. The number of ether oxygens (including phenoxy) is 1. The third-order valence-electron chi connectivity index (χ3n) is 4.08. The van der Waals surface area contributed by atoms with E-state index in [-0.39, 0.29) is 0 Å². The molecule has 0 radical (unpaired) electrons. The zero-order chi connectivity index (χ0) is 14.2. The van der Waals surface area contributed by atoms with E-state index >= 15 is 0 Å². The van der Waals surface area contributed by atoms with Crippen molar-refractivity contribution in [2.75, 3.05) is 24.6 Å². The molecule has 0 spiro atoms. The number of hydrogen-bond acceptors (Lipinski definition) is 4. The number of rotatable bonds is 2. The lowest BCUT2D eigenvalue weighted by atomic mass is 9.90. The van der Waals surface area contributed by atoms with Gasteiger partial charge in [0.05, 0.1) is 6.10 Å². The Morgan fingerprint density at radius 1 is 1.25 bits per heavy atom. The molecule has 1 aromatic heterocycles. The van der Waals surface area contributed by atoms with E-state index in [1.54, 1.807) is 0 Å². The standard InChI is InChI=1S/C13H17F3N2OS/c14-13(15,16)11-8-20-12(17-11)18-5-3-9(4-6-18)10-2-1-7-19-10/h8-10H,1-7H2. The van der Waals surface area contributed by atoms with Gasteiger partial charge in [0.15, 0.2) is 10.8 Å². The van der Waals surface area contributed by atoms with Gasteiger partial charge in [0.1, 0.15) is 0 Å². The van der Waals surface area contributed by atoms with Gasteiger partial charge in [-0.05, 0) is 31.6 Å². The fraction of sp³-hybridized carbons (Fsp3) is 0.769. The van der Waals surface area contributed by atoms with E-state index < -0.39 is 11.9 Å². The van der Waals surface area contributed by atoms with Crippen LogP contribution >= 0.6 is 11.3 Å². The van der Waals surface area contributed by atoms with Crippen molar-refractivity contribution in [2.45, 2.75) is 38.0 Å². The van der Waals surface area contributed by atoms with Gasteiger partial charge >= 0.3 is 6.18 Å². The lowest BCUT2D eigenvalue weighted by molar-refractivity contribution is -0.140. The van der Waals surface area contributed by atoms with Gasteiger partial charge in [0.2, 0.25) is 0 Å². The molecule has 0 saturated carbocycles. The highest BCUT2D eigenvalue weighted by Gasteiger charge is 2.35. The predicted octanol–water partition coefficient (Wildman–Crippen LogP) is 3.56. The predicted molar refractivity (Wildman–Crippen MR) is 71.0 cm³/mol. The number of aromatic nitrogens is 1. The molecule has 3 nitrogen and oxygen atoms in total. The Hall–Kier alpha value is -0.820. The maximum atomic E-state index is 12.5. The van der Waals surface area contributed by atoms with Crippen LogP contribution in [-0.2, 0) is 10.9 Å². The fourth-order valence-electron chi connectivity index (χ4n) is 2.98. The second-order valence-electron chi connectivity index (χ2n) is 5.39. The molecule has 0 aliphatic carbocycles. The molecule has 2 saturated heterocycles. The Kier molecular flexibility index (Phi) is 3.90. The van der Waals surface area contributed by atoms with Crippen molar-refractivity contribution < 1.29 is 17.9 Å². The quantitative estimate of drug-likeness (QED) is 0.835. The first-order valence-corrected chi connectivity index (χ1v) is 7.81. The van der Waals surface area contributed by atoms with E-state index in [0.29, 0.717) is 17.2 Å². The van der Waals surface area contributed by atoms with Crippen molar-refractivity contribution >= 4 is 16.5 Å². The van der Waals surface area contributed by atoms with Crippen molar-refractivity contribution in [3.05, 3.63) is 11.1 Å². The van der Waals surface area contributed by atoms with Crippen LogP contribution in [0.25, 0.3) is 0 Å². The first-order valence-electron chi connectivity index (χ1n) is 6.93. The fourth-order valence-corrected chi connectivity index (χ4v) is 3.86. The molecule has 3 rings (SSSR count). The van der Waals surface area contributed by atoms with E-state index in [0.717, 1.165) is 62.1 Å². The molecule has 7 heteroatoms. The normalized spacial score (nSPS) is 25.4. The summed E-state index contributed by atoms with van der Waals surface area (Å²) in [6, 6.07) is 0. The highest BCUT2D eigenvalue weighted by Crippen LogP contribution is 2.35. The summed E-state index contributed by atoms with van der Waals surface area (Å²) in [5, 5.41) is 1.59. The number of alkyl halides is 3. The molecule has 0 N–H and O–H groups in total. The average molecular weight is 306 g/mol. The van der Waals surface area contributed by atoms with E-state index in [2.05, 4.69) is 4.98 Å². The highest BCUT2D eigenvalue weighted by atomic mass is 32.1. The van der Waals surface area contributed by atoms with Crippen LogP contribution < -0.4 is 4.90 Å². The van der Waals surface area contributed by atoms with Crippen LogP contribution in [0, 0.1) is 5.92 Å². The summed E-state index contributed by atoms with van der Waals surface area (Å²) >= 11 is 1.08.